The number of carbonyl (C=O) groups is 1. The third kappa shape index (κ3) is 4.87. The van der Waals surface area contributed by atoms with E-state index in [-0.39, 0.29) is 5.75 Å². The van der Waals surface area contributed by atoms with E-state index >= 15 is 0 Å². The van der Waals surface area contributed by atoms with Crippen LogP contribution in [0.4, 0.5) is 0 Å². The lowest BCUT2D eigenvalue weighted by Crippen LogP contribution is -2.27. The maximum atomic E-state index is 11.9. The van der Waals surface area contributed by atoms with E-state index in [0.29, 0.717) is 10.6 Å². The Morgan fingerprint density at radius 2 is 1.78 bits per heavy atom. The highest BCUT2D eigenvalue weighted by Gasteiger charge is 2.18. The molecule has 0 aliphatic rings. The van der Waals surface area contributed by atoms with Gasteiger partial charge in [-0.1, -0.05) is 0 Å². The predicted octanol–water partition coefficient (Wildman–Crippen LogP) is 2.14. The van der Waals surface area contributed by atoms with E-state index < -0.39 is 22.4 Å². The smallest absolute Gasteiger partial charge is 0.319 e. The summed E-state index contributed by atoms with van der Waals surface area (Å²) in [6.45, 7) is 5.34. The first-order valence-corrected chi connectivity index (χ1v) is 6.88. The van der Waals surface area contributed by atoms with Gasteiger partial charge < -0.3 is 9.47 Å². The van der Waals surface area contributed by atoms with Gasteiger partial charge in [0.2, 0.25) is 0 Å². The molecule has 0 aromatic heterocycles. The summed E-state index contributed by atoms with van der Waals surface area (Å²) in [6, 6.07) is 6.78. The fourth-order valence-corrected chi connectivity index (χ4v) is 2.17. The second-order valence-corrected chi connectivity index (χ2v) is 6.20. The second kappa shape index (κ2) is 6.00. The molecular weight excluding hydrogens is 252 g/mol. The highest BCUT2D eigenvalue weighted by molar-refractivity contribution is 7.85. The highest BCUT2D eigenvalue weighted by Crippen LogP contribution is 2.15. The Morgan fingerprint density at radius 1 is 1.22 bits per heavy atom. The van der Waals surface area contributed by atoms with Crippen molar-refractivity contribution in [3.05, 3.63) is 24.3 Å². The van der Waals surface area contributed by atoms with Crippen molar-refractivity contribution in [2.24, 2.45) is 0 Å². The zero-order valence-corrected chi connectivity index (χ0v) is 11.9. The van der Waals surface area contributed by atoms with Crippen molar-refractivity contribution in [3.8, 4) is 5.75 Å². The molecule has 0 bridgehead atoms. The van der Waals surface area contributed by atoms with Gasteiger partial charge in [-0.2, -0.15) is 0 Å². The van der Waals surface area contributed by atoms with Crippen LogP contribution in [0.2, 0.25) is 0 Å². The van der Waals surface area contributed by atoms with Crippen LogP contribution in [0.15, 0.2) is 29.2 Å². The largest absolute Gasteiger partial charge is 0.497 e. The van der Waals surface area contributed by atoms with Crippen LogP contribution in [-0.2, 0) is 20.3 Å². The summed E-state index contributed by atoms with van der Waals surface area (Å²) in [5.74, 6) is 0.0912. The molecule has 18 heavy (non-hydrogen) atoms. The van der Waals surface area contributed by atoms with Gasteiger partial charge in [-0.15, -0.1) is 0 Å². The number of rotatable bonds is 4. The maximum Gasteiger partial charge on any atom is 0.319 e. The van der Waals surface area contributed by atoms with Crippen LogP contribution >= 0.6 is 0 Å². The fraction of sp³-hybridized carbons (Fsp3) is 0.462. The van der Waals surface area contributed by atoms with E-state index in [0.717, 1.165) is 0 Å². The first-order chi connectivity index (χ1) is 8.31. The molecule has 0 aliphatic heterocycles. The van der Waals surface area contributed by atoms with E-state index in [9.17, 15) is 9.00 Å². The molecule has 0 saturated carbocycles. The summed E-state index contributed by atoms with van der Waals surface area (Å²) in [7, 11) is 0.174. The molecule has 0 unspecified atom stereocenters. The fourth-order valence-electron chi connectivity index (χ4n) is 1.29. The second-order valence-electron chi connectivity index (χ2n) is 4.75. The average Bonchev–Trinajstić information content (AvgIpc) is 2.26. The quantitative estimate of drug-likeness (QED) is 0.787. The predicted molar refractivity (Wildman–Crippen MR) is 70.1 cm³/mol. The number of methoxy groups -OCH3 is 1. The lowest BCUT2D eigenvalue weighted by molar-refractivity contribution is -0.151. The van der Waals surface area contributed by atoms with Crippen LogP contribution in [-0.4, -0.2) is 28.6 Å². The number of esters is 1. The lowest BCUT2D eigenvalue weighted by atomic mass is 10.2. The molecule has 5 heteroatoms. The number of benzene rings is 1. The van der Waals surface area contributed by atoms with Gasteiger partial charge in [0.25, 0.3) is 0 Å². The average molecular weight is 270 g/mol. The summed E-state index contributed by atoms with van der Waals surface area (Å²) in [5.41, 5.74) is -0.554. The van der Waals surface area contributed by atoms with Gasteiger partial charge in [0.15, 0.2) is 0 Å². The Labute approximate surface area is 110 Å². The minimum Gasteiger partial charge on any atom is -0.497 e. The molecule has 0 aliphatic carbocycles. The van der Waals surface area contributed by atoms with Gasteiger partial charge in [0.05, 0.1) is 17.9 Å². The molecule has 0 saturated heterocycles. The number of hydrogen-bond acceptors (Lipinski definition) is 4. The summed E-state index contributed by atoms with van der Waals surface area (Å²) >= 11 is 0. The number of carbonyl (C=O) groups excluding carboxylic acids is 1. The van der Waals surface area contributed by atoms with Crippen LogP contribution in [0.5, 0.6) is 5.75 Å². The van der Waals surface area contributed by atoms with E-state index in [4.69, 9.17) is 9.47 Å². The summed E-state index contributed by atoms with van der Waals surface area (Å²) in [4.78, 5) is 12.1. The van der Waals surface area contributed by atoms with Gasteiger partial charge in [0, 0.05) is 4.90 Å². The molecular formula is C13H18O4S. The summed E-state index contributed by atoms with van der Waals surface area (Å²) < 4.78 is 22.0. The standard InChI is InChI=1S/C13H18O4S/c1-13(2,3)17-12(14)9-18(15)11-7-5-10(16-4)6-8-11/h5-8H,9H2,1-4H3/t18-/m0/s1. The Bertz CT molecular complexity index is 431. The summed E-state index contributed by atoms with van der Waals surface area (Å²) in [6.07, 6.45) is 0. The minimum atomic E-state index is -1.39. The molecule has 4 nitrogen and oxygen atoms in total. The maximum absolute atomic E-state index is 11.9. The molecule has 0 radical (unpaired) electrons. The van der Waals surface area contributed by atoms with Crippen LogP contribution in [0, 0.1) is 0 Å². The van der Waals surface area contributed by atoms with Crippen LogP contribution in [0.3, 0.4) is 0 Å². The van der Waals surface area contributed by atoms with Gasteiger partial charge >= 0.3 is 5.97 Å². The first-order valence-electron chi connectivity index (χ1n) is 5.56. The molecule has 1 aromatic carbocycles. The number of ether oxygens (including phenoxy) is 2. The molecule has 1 aromatic rings. The SMILES string of the molecule is COc1ccc([S@@](=O)CC(=O)OC(C)(C)C)cc1. The van der Waals surface area contributed by atoms with Gasteiger partial charge in [-0.25, -0.2) is 0 Å². The van der Waals surface area contributed by atoms with E-state index in [1.807, 2.05) is 0 Å². The molecule has 0 N–H and O–H groups in total. The third-order valence-electron chi connectivity index (χ3n) is 1.99. The number of hydrogen-bond donors (Lipinski definition) is 0. The molecule has 0 heterocycles. The van der Waals surface area contributed by atoms with Crippen molar-refractivity contribution in [2.45, 2.75) is 31.3 Å². The Hall–Kier alpha value is -1.36. The van der Waals surface area contributed by atoms with Crippen LogP contribution < -0.4 is 4.74 Å². The zero-order chi connectivity index (χ0) is 13.8. The van der Waals surface area contributed by atoms with Gasteiger partial charge in [0.1, 0.15) is 17.1 Å². The Kier molecular flexibility index (Phi) is 4.90. The van der Waals surface area contributed by atoms with Crippen molar-refractivity contribution in [3.63, 3.8) is 0 Å². The first kappa shape index (κ1) is 14.7. The van der Waals surface area contributed by atoms with E-state index in [1.165, 1.54) is 0 Å². The van der Waals surface area contributed by atoms with Gasteiger partial charge in [-0.3, -0.25) is 9.00 Å². The van der Waals surface area contributed by atoms with Crippen molar-refractivity contribution < 1.29 is 18.5 Å². The van der Waals surface area contributed by atoms with Crippen molar-refractivity contribution in [1.82, 2.24) is 0 Å². The molecule has 0 fully saturated rings. The molecule has 0 amide bonds. The third-order valence-corrected chi connectivity index (χ3v) is 3.29. The lowest BCUT2D eigenvalue weighted by Gasteiger charge is -2.19. The van der Waals surface area contributed by atoms with Gasteiger partial charge in [-0.05, 0) is 45.0 Å². The molecule has 100 valence electrons. The monoisotopic (exact) mass is 270 g/mol. The topological polar surface area (TPSA) is 52.6 Å². The van der Waals surface area contributed by atoms with E-state index in [1.54, 1.807) is 52.1 Å². The summed E-state index contributed by atoms with van der Waals surface area (Å²) in [5, 5.41) is 0. The molecule has 1 rings (SSSR count). The minimum absolute atomic E-state index is 0.135. The highest BCUT2D eigenvalue weighted by atomic mass is 32.2. The van der Waals surface area contributed by atoms with Crippen molar-refractivity contribution >= 4 is 16.8 Å². The van der Waals surface area contributed by atoms with E-state index in [2.05, 4.69) is 0 Å². The zero-order valence-electron chi connectivity index (χ0n) is 11.1. The van der Waals surface area contributed by atoms with Crippen molar-refractivity contribution in [1.29, 1.82) is 0 Å². The van der Waals surface area contributed by atoms with Crippen LogP contribution in [0.1, 0.15) is 20.8 Å². The molecule has 0 spiro atoms. The Balaban J connectivity index is 2.62. The molecule has 1 atom stereocenters. The van der Waals surface area contributed by atoms with Crippen LogP contribution in [0.25, 0.3) is 0 Å². The Morgan fingerprint density at radius 3 is 2.22 bits per heavy atom. The van der Waals surface area contributed by atoms with Crippen molar-refractivity contribution in [2.75, 3.05) is 12.9 Å². The normalized spacial score (nSPS) is 12.9.